The van der Waals surface area contributed by atoms with Crippen molar-refractivity contribution >= 4 is 0 Å². The highest BCUT2D eigenvalue weighted by Gasteiger charge is 2.03. The standard InChI is InChI=1S/C6H14.C5H12.C4H10/c1-5-6(2,3)4;1-5(2,3)4;1-4(2)3/h5H2,1-4H3;1-4H3;4H,1-3H3. The first-order valence-corrected chi connectivity index (χ1v) is 6.29. The van der Waals surface area contributed by atoms with E-state index in [1.54, 1.807) is 0 Å². The van der Waals surface area contributed by atoms with Gasteiger partial charge in [-0.15, -0.1) is 0 Å². The van der Waals surface area contributed by atoms with E-state index in [4.69, 9.17) is 0 Å². The van der Waals surface area contributed by atoms with Gasteiger partial charge in [0.25, 0.3) is 0 Å². The Morgan fingerprint density at radius 1 is 0.733 bits per heavy atom. The van der Waals surface area contributed by atoms with Crippen molar-refractivity contribution in [3.63, 3.8) is 0 Å². The molecule has 0 aliphatic carbocycles. The van der Waals surface area contributed by atoms with Crippen LogP contribution in [0, 0.1) is 16.7 Å². The number of hydrogen-bond acceptors (Lipinski definition) is 0. The van der Waals surface area contributed by atoms with Crippen molar-refractivity contribution in [2.24, 2.45) is 16.7 Å². The summed E-state index contributed by atoms with van der Waals surface area (Å²) in [6, 6.07) is 0. The Morgan fingerprint density at radius 2 is 0.800 bits per heavy atom. The highest BCUT2D eigenvalue weighted by atomic mass is 14.1. The summed E-state index contributed by atoms with van der Waals surface area (Å²) in [5.74, 6) is 0.833. The highest BCUT2D eigenvalue weighted by molar-refractivity contribution is 4.55. The topological polar surface area (TPSA) is 0 Å². The third kappa shape index (κ3) is 224. The van der Waals surface area contributed by atoms with E-state index in [2.05, 4.69) is 76.2 Å². The fraction of sp³-hybridized carbons (Fsp3) is 1.00. The summed E-state index contributed by atoms with van der Waals surface area (Å²) >= 11 is 0. The predicted molar refractivity (Wildman–Crippen MR) is 75.4 cm³/mol. The molecule has 0 aromatic rings. The lowest BCUT2D eigenvalue weighted by atomic mass is 9.94. The molecule has 0 nitrogen and oxygen atoms in total. The Labute approximate surface area is 99.9 Å². The minimum atomic E-state index is 0.500. The first-order chi connectivity index (χ1) is 6.29. The molecule has 0 atom stereocenters. The molecule has 0 saturated carbocycles. The van der Waals surface area contributed by atoms with Gasteiger partial charge in [-0.25, -0.2) is 0 Å². The Hall–Kier alpha value is 0. The zero-order chi connectivity index (χ0) is 13.3. The summed E-state index contributed by atoms with van der Waals surface area (Å²) in [7, 11) is 0. The van der Waals surface area contributed by atoms with Crippen LogP contribution in [0.2, 0.25) is 0 Å². The quantitative estimate of drug-likeness (QED) is 0.455. The molecule has 0 aromatic heterocycles. The van der Waals surface area contributed by atoms with Crippen molar-refractivity contribution in [2.75, 3.05) is 0 Å². The molecule has 15 heavy (non-hydrogen) atoms. The SMILES string of the molecule is CC(C)(C)C.CC(C)C.CCC(C)(C)C. The van der Waals surface area contributed by atoms with Crippen molar-refractivity contribution in [1.29, 1.82) is 0 Å². The van der Waals surface area contributed by atoms with Crippen LogP contribution in [0.4, 0.5) is 0 Å². The minimum absolute atomic E-state index is 0.500. The monoisotopic (exact) mass is 216 g/mol. The van der Waals surface area contributed by atoms with E-state index in [0.717, 1.165) is 5.92 Å². The summed E-state index contributed by atoms with van der Waals surface area (Å²) in [5.41, 5.74) is 1.04. The fourth-order valence-corrected chi connectivity index (χ4v) is 0. The van der Waals surface area contributed by atoms with Gasteiger partial charge in [0.1, 0.15) is 0 Å². The first-order valence-electron chi connectivity index (χ1n) is 6.29. The Morgan fingerprint density at radius 3 is 0.800 bits per heavy atom. The summed E-state index contributed by atoms with van der Waals surface area (Å²) in [5, 5.41) is 0. The summed E-state index contributed by atoms with van der Waals surface area (Å²) in [6.45, 7) is 24.2. The molecule has 0 heteroatoms. The van der Waals surface area contributed by atoms with Crippen LogP contribution >= 0.6 is 0 Å². The van der Waals surface area contributed by atoms with E-state index in [1.165, 1.54) is 6.42 Å². The molecular formula is C15H36. The van der Waals surface area contributed by atoms with Crippen LogP contribution in [0.15, 0.2) is 0 Å². The molecule has 0 aliphatic heterocycles. The van der Waals surface area contributed by atoms with E-state index >= 15 is 0 Å². The molecule has 0 aliphatic rings. The molecule has 0 bridgehead atoms. The molecule has 0 aromatic carbocycles. The van der Waals surface area contributed by atoms with Crippen LogP contribution < -0.4 is 0 Å². The fourth-order valence-electron chi connectivity index (χ4n) is 0. The predicted octanol–water partition coefficient (Wildman–Crippen LogP) is 6.16. The lowest BCUT2D eigenvalue weighted by Gasteiger charge is -2.12. The molecule has 96 valence electrons. The van der Waals surface area contributed by atoms with E-state index in [1.807, 2.05) is 0 Å². The highest BCUT2D eigenvalue weighted by Crippen LogP contribution is 2.16. The maximum atomic E-state index is 2.24. The smallest absolute Gasteiger partial charge is 0.0385 e. The van der Waals surface area contributed by atoms with Gasteiger partial charge in [0.15, 0.2) is 0 Å². The second kappa shape index (κ2) is 9.24. The van der Waals surface area contributed by atoms with Crippen LogP contribution in [0.3, 0.4) is 0 Å². The normalized spacial score (nSPS) is 11.2. The first kappa shape index (κ1) is 20.4. The van der Waals surface area contributed by atoms with Gasteiger partial charge in [0.2, 0.25) is 0 Å². The minimum Gasteiger partial charge on any atom is -0.0649 e. The zero-order valence-electron chi connectivity index (χ0n) is 13.3. The van der Waals surface area contributed by atoms with Crippen molar-refractivity contribution in [3.05, 3.63) is 0 Å². The van der Waals surface area contributed by atoms with Crippen LogP contribution in [0.1, 0.15) is 82.6 Å². The van der Waals surface area contributed by atoms with Gasteiger partial charge in [0, 0.05) is 0 Å². The average Bonchev–Trinajstić information content (AvgIpc) is 1.80. The van der Waals surface area contributed by atoms with Crippen LogP contribution in [-0.2, 0) is 0 Å². The molecule has 0 amide bonds. The van der Waals surface area contributed by atoms with Crippen molar-refractivity contribution in [2.45, 2.75) is 82.6 Å². The largest absolute Gasteiger partial charge is 0.0649 e. The molecule has 0 spiro atoms. The van der Waals surface area contributed by atoms with Gasteiger partial charge in [-0.1, -0.05) is 82.6 Å². The van der Waals surface area contributed by atoms with Crippen molar-refractivity contribution in [3.8, 4) is 0 Å². The van der Waals surface area contributed by atoms with Gasteiger partial charge in [-0.3, -0.25) is 0 Å². The third-order valence-corrected chi connectivity index (χ3v) is 1.06. The van der Waals surface area contributed by atoms with Gasteiger partial charge >= 0.3 is 0 Å². The summed E-state index contributed by atoms with van der Waals surface area (Å²) in [4.78, 5) is 0. The Balaban J connectivity index is -0.000000147. The van der Waals surface area contributed by atoms with Gasteiger partial charge in [0.05, 0.1) is 0 Å². The number of hydrogen-bond donors (Lipinski definition) is 0. The number of rotatable bonds is 0. The molecule has 0 fully saturated rings. The van der Waals surface area contributed by atoms with Crippen molar-refractivity contribution in [1.82, 2.24) is 0 Å². The Bertz CT molecular complexity index is 98.2. The zero-order valence-corrected chi connectivity index (χ0v) is 13.3. The molecule has 0 N–H and O–H groups in total. The molecule has 0 rings (SSSR count). The van der Waals surface area contributed by atoms with E-state index in [-0.39, 0.29) is 0 Å². The lowest BCUT2D eigenvalue weighted by Crippen LogP contribution is -2.00. The molecule has 0 heterocycles. The maximum Gasteiger partial charge on any atom is -0.0385 e. The van der Waals surface area contributed by atoms with E-state index in [9.17, 15) is 0 Å². The van der Waals surface area contributed by atoms with Gasteiger partial charge < -0.3 is 0 Å². The second-order valence-corrected chi connectivity index (χ2v) is 7.65. The third-order valence-electron chi connectivity index (χ3n) is 1.06. The maximum absolute atomic E-state index is 2.24. The van der Waals surface area contributed by atoms with Crippen LogP contribution in [0.25, 0.3) is 0 Å². The molecular weight excluding hydrogens is 180 g/mol. The molecule has 0 radical (unpaired) electrons. The van der Waals surface area contributed by atoms with E-state index in [0.29, 0.717) is 10.8 Å². The van der Waals surface area contributed by atoms with Crippen LogP contribution in [-0.4, -0.2) is 0 Å². The summed E-state index contributed by atoms with van der Waals surface area (Å²) in [6.07, 6.45) is 1.27. The second-order valence-electron chi connectivity index (χ2n) is 7.65. The van der Waals surface area contributed by atoms with Gasteiger partial charge in [-0.2, -0.15) is 0 Å². The van der Waals surface area contributed by atoms with Crippen molar-refractivity contribution < 1.29 is 0 Å². The summed E-state index contributed by atoms with van der Waals surface area (Å²) < 4.78 is 0. The van der Waals surface area contributed by atoms with E-state index < -0.39 is 0 Å². The average molecular weight is 216 g/mol. The van der Waals surface area contributed by atoms with Gasteiger partial charge in [-0.05, 0) is 16.7 Å². The molecule has 0 unspecified atom stereocenters. The Kier molecular flexibility index (Phi) is 12.6. The van der Waals surface area contributed by atoms with Crippen LogP contribution in [0.5, 0.6) is 0 Å². The lowest BCUT2D eigenvalue weighted by molar-refractivity contribution is 0.398. The molecule has 0 saturated heterocycles.